The van der Waals surface area contributed by atoms with Crippen LogP contribution < -0.4 is 11.6 Å². The quantitative estimate of drug-likeness (QED) is 0.458. The van der Waals surface area contributed by atoms with E-state index in [4.69, 9.17) is 11.6 Å². The Hall–Kier alpha value is -1.52. The van der Waals surface area contributed by atoms with Crippen molar-refractivity contribution >= 4 is 5.91 Å². The highest BCUT2D eigenvalue weighted by molar-refractivity contribution is 5.90. The van der Waals surface area contributed by atoms with E-state index in [-0.39, 0.29) is 5.69 Å². The first-order valence-electron chi connectivity index (χ1n) is 2.29. The summed E-state index contributed by atoms with van der Waals surface area (Å²) in [7, 11) is 0. The van der Waals surface area contributed by atoms with Crippen molar-refractivity contribution in [2.24, 2.45) is 5.73 Å². The number of primary amides is 1. The first kappa shape index (κ1) is 5.61. The van der Waals surface area contributed by atoms with Gasteiger partial charge in [0.1, 0.15) is 12.0 Å². The zero-order valence-electron chi connectivity index (χ0n) is 4.61. The SMILES string of the molecule is NC(=O)c1cncn1N. The molecule has 1 rings (SSSR count). The van der Waals surface area contributed by atoms with Crippen LogP contribution in [0.2, 0.25) is 0 Å². The van der Waals surface area contributed by atoms with Gasteiger partial charge in [-0.3, -0.25) is 4.79 Å². The minimum Gasteiger partial charge on any atom is -0.364 e. The van der Waals surface area contributed by atoms with Gasteiger partial charge in [0.15, 0.2) is 0 Å². The van der Waals surface area contributed by atoms with Crippen molar-refractivity contribution < 1.29 is 4.79 Å². The molecule has 1 aromatic rings. The fourth-order valence-corrected chi connectivity index (χ4v) is 0.495. The van der Waals surface area contributed by atoms with Crippen LogP contribution >= 0.6 is 0 Å². The molecule has 1 amide bonds. The van der Waals surface area contributed by atoms with E-state index in [9.17, 15) is 4.79 Å². The van der Waals surface area contributed by atoms with Gasteiger partial charge in [0.25, 0.3) is 5.91 Å². The van der Waals surface area contributed by atoms with E-state index in [1.54, 1.807) is 0 Å². The van der Waals surface area contributed by atoms with Crippen LogP contribution in [0, 0.1) is 0 Å². The van der Waals surface area contributed by atoms with Gasteiger partial charge in [-0.2, -0.15) is 0 Å². The van der Waals surface area contributed by atoms with Gasteiger partial charge in [0.05, 0.1) is 6.20 Å². The number of carbonyl (C=O) groups is 1. The average Bonchev–Trinajstić information content (AvgIpc) is 2.13. The summed E-state index contributed by atoms with van der Waals surface area (Å²) in [6.07, 6.45) is 2.61. The molecule has 1 heterocycles. The summed E-state index contributed by atoms with van der Waals surface area (Å²) in [6.45, 7) is 0. The molecule has 0 aliphatic carbocycles. The molecular weight excluding hydrogens is 120 g/mol. The largest absolute Gasteiger partial charge is 0.364 e. The Morgan fingerprint density at radius 1 is 1.78 bits per heavy atom. The summed E-state index contributed by atoms with van der Waals surface area (Å²) in [5.41, 5.74) is 5.08. The average molecular weight is 126 g/mol. The van der Waals surface area contributed by atoms with Crippen molar-refractivity contribution in [2.75, 3.05) is 5.84 Å². The predicted octanol–water partition coefficient (Wildman–Crippen LogP) is -1.30. The van der Waals surface area contributed by atoms with Gasteiger partial charge in [-0.1, -0.05) is 0 Å². The highest BCUT2D eigenvalue weighted by Gasteiger charge is 2.02. The van der Waals surface area contributed by atoms with E-state index < -0.39 is 5.91 Å². The van der Waals surface area contributed by atoms with Gasteiger partial charge in [0.2, 0.25) is 0 Å². The van der Waals surface area contributed by atoms with E-state index in [0.717, 1.165) is 4.68 Å². The van der Waals surface area contributed by atoms with Crippen LogP contribution in [0.25, 0.3) is 0 Å². The molecule has 9 heavy (non-hydrogen) atoms. The molecular formula is C4H6N4O. The molecule has 0 aliphatic rings. The number of imidazole rings is 1. The summed E-state index contributed by atoms with van der Waals surface area (Å²) in [6, 6.07) is 0. The Balaban J connectivity index is 3.08. The predicted molar refractivity (Wildman–Crippen MR) is 30.9 cm³/mol. The van der Waals surface area contributed by atoms with Gasteiger partial charge in [-0.25, -0.2) is 9.66 Å². The van der Waals surface area contributed by atoms with E-state index in [1.165, 1.54) is 12.5 Å². The van der Waals surface area contributed by atoms with Crippen molar-refractivity contribution in [3.8, 4) is 0 Å². The summed E-state index contributed by atoms with van der Waals surface area (Å²) in [5, 5.41) is 0. The third-order valence-corrected chi connectivity index (χ3v) is 0.919. The van der Waals surface area contributed by atoms with Crippen molar-refractivity contribution in [1.82, 2.24) is 9.66 Å². The van der Waals surface area contributed by atoms with Crippen LogP contribution in [0.1, 0.15) is 10.5 Å². The van der Waals surface area contributed by atoms with Crippen molar-refractivity contribution in [3.63, 3.8) is 0 Å². The zero-order valence-corrected chi connectivity index (χ0v) is 4.61. The number of rotatable bonds is 1. The van der Waals surface area contributed by atoms with Gasteiger partial charge < -0.3 is 11.6 Å². The third kappa shape index (κ3) is 0.835. The molecule has 0 aromatic carbocycles. The molecule has 0 unspecified atom stereocenters. The lowest BCUT2D eigenvalue weighted by Crippen LogP contribution is -2.20. The van der Waals surface area contributed by atoms with Crippen LogP contribution in [0.15, 0.2) is 12.5 Å². The zero-order chi connectivity index (χ0) is 6.85. The van der Waals surface area contributed by atoms with Gasteiger partial charge in [-0.15, -0.1) is 0 Å². The Labute approximate surface area is 51.2 Å². The number of amides is 1. The number of aromatic nitrogens is 2. The van der Waals surface area contributed by atoms with E-state index in [2.05, 4.69) is 4.98 Å². The highest BCUT2D eigenvalue weighted by Crippen LogP contribution is 1.89. The van der Waals surface area contributed by atoms with Crippen LogP contribution in [-0.4, -0.2) is 15.6 Å². The Kier molecular flexibility index (Phi) is 1.11. The molecule has 48 valence electrons. The Morgan fingerprint density at radius 2 is 2.44 bits per heavy atom. The molecule has 0 saturated heterocycles. The first-order valence-corrected chi connectivity index (χ1v) is 2.29. The topological polar surface area (TPSA) is 86.9 Å². The lowest BCUT2D eigenvalue weighted by atomic mass is 10.5. The second kappa shape index (κ2) is 1.77. The van der Waals surface area contributed by atoms with Crippen LogP contribution in [0.3, 0.4) is 0 Å². The maximum atomic E-state index is 10.4. The summed E-state index contributed by atoms with van der Waals surface area (Å²) in [4.78, 5) is 13.9. The minimum atomic E-state index is -0.574. The number of hydrogen-bond donors (Lipinski definition) is 2. The molecule has 4 N–H and O–H groups in total. The standard InChI is InChI=1S/C4H6N4O/c5-4(9)3-1-7-2-8(3)6/h1-2H,6H2,(H2,5,9). The maximum absolute atomic E-state index is 10.4. The van der Waals surface area contributed by atoms with Crippen LogP contribution in [0.4, 0.5) is 0 Å². The van der Waals surface area contributed by atoms with Crippen molar-refractivity contribution in [2.45, 2.75) is 0 Å². The Morgan fingerprint density at radius 3 is 2.67 bits per heavy atom. The number of carbonyl (C=O) groups excluding carboxylic acids is 1. The minimum absolute atomic E-state index is 0.204. The molecule has 0 fully saturated rings. The fourth-order valence-electron chi connectivity index (χ4n) is 0.495. The van der Waals surface area contributed by atoms with E-state index in [0.29, 0.717) is 0 Å². The molecule has 0 aliphatic heterocycles. The maximum Gasteiger partial charge on any atom is 0.268 e. The second-order valence-electron chi connectivity index (χ2n) is 1.55. The second-order valence-corrected chi connectivity index (χ2v) is 1.55. The molecule has 0 radical (unpaired) electrons. The monoisotopic (exact) mass is 126 g/mol. The van der Waals surface area contributed by atoms with Crippen molar-refractivity contribution in [1.29, 1.82) is 0 Å². The summed E-state index contributed by atoms with van der Waals surface area (Å²) >= 11 is 0. The number of nitrogen functional groups attached to an aromatic ring is 1. The normalized spacial score (nSPS) is 9.33. The molecule has 5 heteroatoms. The summed E-state index contributed by atoms with van der Waals surface area (Å²) < 4.78 is 1.07. The highest BCUT2D eigenvalue weighted by atomic mass is 16.1. The van der Waals surface area contributed by atoms with Gasteiger partial charge in [0, 0.05) is 0 Å². The first-order chi connectivity index (χ1) is 4.22. The van der Waals surface area contributed by atoms with E-state index in [1.807, 2.05) is 0 Å². The molecule has 0 atom stereocenters. The number of nitrogens with two attached hydrogens (primary N) is 2. The third-order valence-electron chi connectivity index (χ3n) is 0.919. The molecule has 5 nitrogen and oxygen atoms in total. The lowest BCUT2D eigenvalue weighted by Gasteiger charge is -1.92. The summed E-state index contributed by atoms with van der Waals surface area (Å²) in [5.74, 6) is 4.62. The Bertz CT molecular complexity index is 228. The van der Waals surface area contributed by atoms with Crippen LogP contribution in [0.5, 0.6) is 0 Å². The van der Waals surface area contributed by atoms with Gasteiger partial charge in [-0.05, 0) is 0 Å². The molecule has 0 bridgehead atoms. The smallest absolute Gasteiger partial charge is 0.268 e. The van der Waals surface area contributed by atoms with E-state index >= 15 is 0 Å². The lowest BCUT2D eigenvalue weighted by molar-refractivity contribution is 0.0993. The van der Waals surface area contributed by atoms with Gasteiger partial charge >= 0.3 is 0 Å². The molecule has 0 spiro atoms. The van der Waals surface area contributed by atoms with Crippen LogP contribution in [-0.2, 0) is 0 Å². The fraction of sp³-hybridized carbons (Fsp3) is 0. The van der Waals surface area contributed by atoms with Crippen molar-refractivity contribution in [3.05, 3.63) is 18.2 Å². The number of nitrogens with zero attached hydrogens (tertiary/aromatic N) is 2. The number of hydrogen-bond acceptors (Lipinski definition) is 3. The molecule has 1 aromatic heterocycles. The molecule has 0 saturated carbocycles.